The van der Waals surface area contributed by atoms with E-state index >= 15 is 0 Å². The van der Waals surface area contributed by atoms with E-state index in [1.54, 1.807) is 0 Å². The Kier molecular flexibility index (Phi) is 6.93. The lowest BCUT2D eigenvalue weighted by atomic mass is 9.96. The number of nitrogens with zero attached hydrogens (tertiary/aromatic N) is 3. The molecule has 0 aromatic heterocycles. The summed E-state index contributed by atoms with van der Waals surface area (Å²) >= 11 is 0. The summed E-state index contributed by atoms with van der Waals surface area (Å²) in [7, 11) is 0. The quantitative estimate of drug-likeness (QED) is 0.516. The molecule has 1 amide bonds. The van der Waals surface area contributed by atoms with Gasteiger partial charge in [0, 0.05) is 39.3 Å². The first-order valence-electron chi connectivity index (χ1n) is 12.2. The third-order valence-electron chi connectivity index (χ3n) is 6.91. The summed E-state index contributed by atoms with van der Waals surface area (Å²) in [6.07, 6.45) is -0.263. The van der Waals surface area contributed by atoms with Crippen molar-refractivity contribution in [2.75, 3.05) is 39.3 Å². The molecule has 3 aromatic rings. The molecule has 5 nitrogen and oxygen atoms in total. The normalized spacial score (nSPS) is 19.5. The maximum atomic E-state index is 12.4. The van der Waals surface area contributed by atoms with E-state index in [0.717, 1.165) is 38.3 Å². The van der Waals surface area contributed by atoms with Crippen molar-refractivity contribution < 1.29 is 9.53 Å². The maximum Gasteiger partial charge on any atom is 0.410 e. The smallest absolute Gasteiger partial charge is 0.410 e. The van der Waals surface area contributed by atoms with Gasteiger partial charge in [-0.1, -0.05) is 90.5 Å². The number of piperazine rings is 1. The van der Waals surface area contributed by atoms with Gasteiger partial charge in [0.15, 0.2) is 0 Å². The van der Waals surface area contributed by atoms with E-state index in [1.807, 2.05) is 4.90 Å². The fraction of sp³-hybridized carbons (Fsp3) is 0.345. The molecule has 1 atom stereocenters. The second-order valence-corrected chi connectivity index (χ2v) is 9.43. The maximum absolute atomic E-state index is 12.4. The Morgan fingerprint density at radius 1 is 0.824 bits per heavy atom. The molecule has 0 aliphatic carbocycles. The molecule has 0 spiro atoms. The molecule has 2 saturated heterocycles. The molecule has 2 fully saturated rings. The van der Waals surface area contributed by atoms with Gasteiger partial charge in [0.2, 0.25) is 0 Å². The topological polar surface area (TPSA) is 36.0 Å². The zero-order valence-electron chi connectivity index (χ0n) is 19.8. The minimum Gasteiger partial charge on any atom is -0.443 e. The van der Waals surface area contributed by atoms with E-state index in [2.05, 4.69) is 102 Å². The molecule has 34 heavy (non-hydrogen) atoms. The van der Waals surface area contributed by atoms with E-state index < -0.39 is 0 Å². The van der Waals surface area contributed by atoms with E-state index in [1.165, 1.54) is 16.7 Å². The molecular formula is C29H33N3O2. The van der Waals surface area contributed by atoms with Crippen LogP contribution >= 0.6 is 0 Å². The largest absolute Gasteiger partial charge is 0.443 e. The van der Waals surface area contributed by atoms with Gasteiger partial charge in [-0.2, -0.15) is 0 Å². The highest BCUT2D eigenvalue weighted by atomic mass is 16.6. The SMILES string of the molecule is Cc1ccc(CN2CC(CN3CCN(C(c4ccccc4)c4ccccc4)CC3)OC2=O)cc1. The van der Waals surface area contributed by atoms with Gasteiger partial charge in [-0.3, -0.25) is 9.80 Å². The van der Waals surface area contributed by atoms with E-state index in [4.69, 9.17) is 4.74 Å². The fourth-order valence-corrected chi connectivity index (χ4v) is 5.09. The van der Waals surface area contributed by atoms with Crippen LogP contribution < -0.4 is 0 Å². The average molecular weight is 456 g/mol. The van der Waals surface area contributed by atoms with Crippen molar-refractivity contribution >= 4 is 6.09 Å². The number of rotatable bonds is 7. The van der Waals surface area contributed by atoms with Crippen LogP contribution in [0, 0.1) is 6.92 Å². The van der Waals surface area contributed by atoms with Crippen LogP contribution in [0.5, 0.6) is 0 Å². The van der Waals surface area contributed by atoms with Gasteiger partial charge in [0.05, 0.1) is 12.6 Å². The fourth-order valence-electron chi connectivity index (χ4n) is 5.09. The first-order valence-corrected chi connectivity index (χ1v) is 12.2. The first kappa shape index (κ1) is 22.6. The highest BCUT2D eigenvalue weighted by Crippen LogP contribution is 2.29. The summed E-state index contributed by atoms with van der Waals surface area (Å²) in [6.45, 7) is 8.06. The number of cyclic esters (lactones) is 1. The molecule has 5 rings (SSSR count). The van der Waals surface area contributed by atoms with Crippen LogP contribution in [0.4, 0.5) is 4.79 Å². The van der Waals surface area contributed by atoms with Crippen LogP contribution in [0.15, 0.2) is 84.9 Å². The number of ether oxygens (including phenoxy) is 1. The van der Waals surface area contributed by atoms with Gasteiger partial charge >= 0.3 is 6.09 Å². The van der Waals surface area contributed by atoms with Crippen LogP contribution in [0.3, 0.4) is 0 Å². The zero-order valence-corrected chi connectivity index (χ0v) is 19.8. The van der Waals surface area contributed by atoms with Crippen LogP contribution in [0.1, 0.15) is 28.3 Å². The summed E-state index contributed by atoms with van der Waals surface area (Å²) in [5.41, 5.74) is 5.04. The number of carbonyl (C=O) groups is 1. The first-order chi connectivity index (χ1) is 16.7. The molecule has 2 aliphatic heterocycles. The third-order valence-corrected chi connectivity index (χ3v) is 6.91. The van der Waals surface area contributed by atoms with Crippen LogP contribution in [0.25, 0.3) is 0 Å². The van der Waals surface area contributed by atoms with Gasteiger partial charge in [-0.25, -0.2) is 4.79 Å². The minimum atomic E-state index is -0.197. The van der Waals surface area contributed by atoms with Crippen molar-refractivity contribution in [3.63, 3.8) is 0 Å². The van der Waals surface area contributed by atoms with Gasteiger partial charge < -0.3 is 9.64 Å². The van der Waals surface area contributed by atoms with Gasteiger partial charge in [0.1, 0.15) is 6.10 Å². The van der Waals surface area contributed by atoms with Crippen molar-refractivity contribution in [2.45, 2.75) is 25.6 Å². The van der Waals surface area contributed by atoms with Crippen LogP contribution in [-0.2, 0) is 11.3 Å². The average Bonchev–Trinajstić information content (AvgIpc) is 3.21. The van der Waals surface area contributed by atoms with Crippen LogP contribution in [0.2, 0.25) is 0 Å². The molecule has 0 saturated carbocycles. The predicted octanol–water partition coefficient (Wildman–Crippen LogP) is 4.72. The Bertz CT molecular complexity index is 1020. The Labute approximate surface area is 202 Å². The standard InChI is InChI=1S/C29H33N3O2/c1-23-12-14-24(15-13-23)20-32-22-27(34-29(32)33)21-30-16-18-31(19-17-30)28(25-8-4-2-5-9-25)26-10-6-3-7-11-26/h2-15,27-28H,16-22H2,1H3. The number of hydrogen-bond acceptors (Lipinski definition) is 4. The summed E-state index contributed by atoms with van der Waals surface area (Å²) in [5, 5.41) is 0. The van der Waals surface area contributed by atoms with Crippen molar-refractivity contribution in [1.29, 1.82) is 0 Å². The monoisotopic (exact) mass is 455 g/mol. The highest BCUT2D eigenvalue weighted by molar-refractivity contribution is 5.70. The second-order valence-electron chi connectivity index (χ2n) is 9.43. The van der Waals surface area contributed by atoms with Crippen molar-refractivity contribution in [3.8, 4) is 0 Å². The number of aryl methyl sites for hydroxylation is 1. The van der Waals surface area contributed by atoms with Crippen molar-refractivity contribution in [2.24, 2.45) is 0 Å². The minimum absolute atomic E-state index is 0.0662. The number of benzene rings is 3. The second kappa shape index (κ2) is 10.4. The van der Waals surface area contributed by atoms with Gasteiger partial charge in [-0.05, 0) is 23.6 Å². The molecule has 0 N–H and O–H groups in total. The Hall–Kier alpha value is -3.15. The molecule has 5 heteroatoms. The van der Waals surface area contributed by atoms with Crippen molar-refractivity contribution in [1.82, 2.24) is 14.7 Å². The molecule has 0 bridgehead atoms. The summed E-state index contributed by atoms with van der Waals surface area (Å²) < 4.78 is 5.72. The van der Waals surface area contributed by atoms with Gasteiger partial charge in [0.25, 0.3) is 0 Å². The molecule has 2 heterocycles. The summed E-state index contributed by atoms with van der Waals surface area (Å²) in [4.78, 5) is 19.3. The number of hydrogen-bond donors (Lipinski definition) is 0. The highest BCUT2D eigenvalue weighted by Gasteiger charge is 2.34. The van der Waals surface area contributed by atoms with Crippen LogP contribution in [-0.4, -0.2) is 66.2 Å². The number of amides is 1. The third kappa shape index (κ3) is 5.32. The molecule has 3 aromatic carbocycles. The number of carbonyl (C=O) groups excluding carboxylic acids is 1. The molecular weight excluding hydrogens is 422 g/mol. The van der Waals surface area contributed by atoms with Gasteiger partial charge in [-0.15, -0.1) is 0 Å². The lowest BCUT2D eigenvalue weighted by Crippen LogP contribution is -2.50. The Morgan fingerprint density at radius 3 is 2.00 bits per heavy atom. The summed E-state index contributed by atoms with van der Waals surface area (Å²) in [6, 6.07) is 30.2. The molecule has 2 aliphatic rings. The van der Waals surface area contributed by atoms with E-state index in [0.29, 0.717) is 13.1 Å². The lowest BCUT2D eigenvalue weighted by molar-refractivity contribution is 0.0670. The lowest BCUT2D eigenvalue weighted by Gasteiger charge is -2.40. The summed E-state index contributed by atoms with van der Waals surface area (Å²) in [5.74, 6) is 0. The van der Waals surface area contributed by atoms with E-state index in [-0.39, 0.29) is 18.2 Å². The Morgan fingerprint density at radius 2 is 1.41 bits per heavy atom. The predicted molar refractivity (Wildman–Crippen MR) is 135 cm³/mol. The molecule has 0 radical (unpaired) electrons. The molecule has 176 valence electrons. The molecule has 1 unspecified atom stereocenters. The zero-order chi connectivity index (χ0) is 23.3. The Balaban J connectivity index is 1.17. The van der Waals surface area contributed by atoms with E-state index in [9.17, 15) is 4.79 Å². The van der Waals surface area contributed by atoms with Crippen molar-refractivity contribution in [3.05, 3.63) is 107 Å².